The van der Waals surface area contributed by atoms with Gasteiger partial charge in [-0.05, 0) is 6.42 Å². The first kappa shape index (κ1) is 9.97. The van der Waals surface area contributed by atoms with Crippen LogP contribution >= 0.6 is 0 Å². The molecule has 1 amide bonds. The fraction of sp³-hybridized carbons (Fsp3) is 0.556. The minimum atomic E-state index is -0.378. The maximum absolute atomic E-state index is 11.7. The van der Waals surface area contributed by atoms with Crippen LogP contribution in [-0.4, -0.2) is 44.9 Å². The number of aliphatic hydroxyl groups is 1. The largest absolute Gasteiger partial charge is 0.396 e. The molecule has 1 aromatic rings. The first-order valence-electron chi connectivity index (χ1n) is 4.89. The first-order valence-corrected chi connectivity index (χ1v) is 4.89. The first-order chi connectivity index (χ1) is 7.15. The predicted octanol–water partition coefficient (Wildman–Crippen LogP) is -0.941. The molecule has 2 rings (SSSR count). The highest BCUT2D eigenvalue weighted by Crippen LogP contribution is 2.09. The van der Waals surface area contributed by atoms with Crippen LogP contribution in [0.15, 0.2) is 12.4 Å². The molecule has 1 fully saturated rings. The SMILES string of the molecule is Nc1cnn(CC(=O)N2CC[C@@H](O)C2)c1. The van der Waals surface area contributed by atoms with Gasteiger partial charge in [0, 0.05) is 19.3 Å². The predicted molar refractivity (Wildman–Crippen MR) is 53.8 cm³/mol. The van der Waals surface area contributed by atoms with Crippen LogP contribution < -0.4 is 5.73 Å². The van der Waals surface area contributed by atoms with E-state index >= 15 is 0 Å². The standard InChI is InChI=1S/C9H14N4O2/c10-7-3-11-13(4-7)6-9(15)12-2-1-8(14)5-12/h3-4,8,14H,1-2,5-6,10H2/t8-/m1/s1. The quantitative estimate of drug-likeness (QED) is 0.659. The molecule has 0 aromatic carbocycles. The van der Waals surface area contributed by atoms with E-state index in [0.29, 0.717) is 25.2 Å². The lowest BCUT2D eigenvalue weighted by molar-refractivity contribution is -0.131. The third-order valence-electron chi connectivity index (χ3n) is 2.47. The Balaban J connectivity index is 1.92. The van der Waals surface area contributed by atoms with Gasteiger partial charge in [0.15, 0.2) is 0 Å². The Labute approximate surface area is 87.3 Å². The molecule has 1 aliphatic heterocycles. The van der Waals surface area contributed by atoms with Crippen molar-refractivity contribution in [2.45, 2.75) is 19.1 Å². The zero-order valence-corrected chi connectivity index (χ0v) is 8.33. The van der Waals surface area contributed by atoms with Gasteiger partial charge in [0.25, 0.3) is 0 Å². The number of hydrogen-bond donors (Lipinski definition) is 2. The molecule has 1 aliphatic rings. The highest BCUT2D eigenvalue weighted by molar-refractivity contribution is 5.76. The molecule has 0 radical (unpaired) electrons. The van der Waals surface area contributed by atoms with Gasteiger partial charge in [-0.15, -0.1) is 0 Å². The van der Waals surface area contributed by atoms with Crippen LogP contribution in [0, 0.1) is 0 Å². The van der Waals surface area contributed by atoms with Crippen molar-refractivity contribution in [3.63, 3.8) is 0 Å². The number of nitrogen functional groups attached to an aromatic ring is 1. The van der Waals surface area contributed by atoms with Crippen molar-refractivity contribution in [2.75, 3.05) is 18.8 Å². The molecule has 2 heterocycles. The number of amides is 1. The molecule has 1 aromatic heterocycles. The molecular weight excluding hydrogens is 196 g/mol. The van der Waals surface area contributed by atoms with Crippen molar-refractivity contribution in [1.29, 1.82) is 0 Å². The van der Waals surface area contributed by atoms with E-state index < -0.39 is 0 Å². The Morgan fingerprint density at radius 1 is 1.73 bits per heavy atom. The number of β-amino-alcohol motifs (C(OH)–C–C–N with tert-alkyl or cyclic N) is 1. The number of hydrogen-bond acceptors (Lipinski definition) is 4. The lowest BCUT2D eigenvalue weighted by atomic mass is 10.3. The van der Waals surface area contributed by atoms with Crippen molar-refractivity contribution in [1.82, 2.24) is 14.7 Å². The number of nitrogens with zero attached hydrogens (tertiary/aromatic N) is 3. The number of aromatic nitrogens is 2. The fourth-order valence-corrected chi connectivity index (χ4v) is 1.67. The maximum atomic E-state index is 11.7. The zero-order valence-electron chi connectivity index (χ0n) is 8.33. The van der Waals surface area contributed by atoms with Gasteiger partial charge in [-0.25, -0.2) is 0 Å². The molecule has 1 atom stereocenters. The van der Waals surface area contributed by atoms with Crippen LogP contribution in [-0.2, 0) is 11.3 Å². The van der Waals surface area contributed by atoms with Gasteiger partial charge >= 0.3 is 0 Å². The number of nitrogens with two attached hydrogens (primary N) is 1. The highest BCUT2D eigenvalue weighted by atomic mass is 16.3. The second-order valence-electron chi connectivity index (χ2n) is 3.75. The van der Waals surface area contributed by atoms with E-state index in [0.717, 1.165) is 0 Å². The number of rotatable bonds is 2. The van der Waals surface area contributed by atoms with E-state index in [-0.39, 0.29) is 18.6 Å². The highest BCUT2D eigenvalue weighted by Gasteiger charge is 2.24. The van der Waals surface area contributed by atoms with Crippen molar-refractivity contribution in [3.05, 3.63) is 12.4 Å². The summed E-state index contributed by atoms with van der Waals surface area (Å²) >= 11 is 0. The molecular formula is C9H14N4O2. The molecule has 0 bridgehead atoms. The summed E-state index contributed by atoms with van der Waals surface area (Å²) in [7, 11) is 0. The molecule has 0 unspecified atom stereocenters. The van der Waals surface area contributed by atoms with E-state index in [4.69, 9.17) is 5.73 Å². The van der Waals surface area contributed by atoms with Crippen LogP contribution in [0.25, 0.3) is 0 Å². The lowest BCUT2D eigenvalue weighted by Gasteiger charge is -2.15. The van der Waals surface area contributed by atoms with Crippen molar-refractivity contribution >= 4 is 11.6 Å². The monoisotopic (exact) mass is 210 g/mol. The summed E-state index contributed by atoms with van der Waals surface area (Å²) in [4.78, 5) is 13.3. The fourth-order valence-electron chi connectivity index (χ4n) is 1.67. The van der Waals surface area contributed by atoms with Gasteiger partial charge in [0.2, 0.25) is 5.91 Å². The van der Waals surface area contributed by atoms with Gasteiger partial charge in [-0.2, -0.15) is 5.10 Å². The van der Waals surface area contributed by atoms with E-state index in [1.165, 1.54) is 10.9 Å². The van der Waals surface area contributed by atoms with Crippen molar-refractivity contribution < 1.29 is 9.90 Å². The van der Waals surface area contributed by atoms with Crippen LogP contribution in [0.5, 0.6) is 0 Å². The number of likely N-dealkylation sites (tertiary alicyclic amines) is 1. The van der Waals surface area contributed by atoms with E-state index in [1.54, 1.807) is 11.1 Å². The lowest BCUT2D eigenvalue weighted by Crippen LogP contribution is -2.32. The van der Waals surface area contributed by atoms with Crippen molar-refractivity contribution in [3.8, 4) is 0 Å². The molecule has 6 heteroatoms. The molecule has 0 aliphatic carbocycles. The van der Waals surface area contributed by atoms with Gasteiger partial charge in [0.05, 0.1) is 18.0 Å². The molecule has 0 saturated carbocycles. The van der Waals surface area contributed by atoms with Gasteiger partial charge < -0.3 is 15.7 Å². The maximum Gasteiger partial charge on any atom is 0.244 e. The van der Waals surface area contributed by atoms with E-state index in [2.05, 4.69) is 5.10 Å². The second kappa shape index (κ2) is 3.90. The third-order valence-corrected chi connectivity index (χ3v) is 2.47. The Morgan fingerprint density at radius 2 is 2.53 bits per heavy atom. The number of anilines is 1. The van der Waals surface area contributed by atoms with Gasteiger partial charge in [0.1, 0.15) is 6.54 Å². The second-order valence-corrected chi connectivity index (χ2v) is 3.75. The number of carbonyl (C=O) groups excluding carboxylic acids is 1. The minimum absolute atomic E-state index is 0.0327. The minimum Gasteiger partial charge on any atom is -0.396 e. The normalized spacial score (nSPS) is 20.9. The van der Waals surface area contributed by atoms with Crippen LogP contribution in [0.2, 0.25) is 0 Å². The Bertz CT molecular complexity index is 363. The Morgan fingerprint density at radius 3 is 3.07 bits per heavy atom. The summed E-state index contributed by atoms with van der Waals surface area (Å²) in [6, 6.07) is 0. The van der Waals surface area contributed by atoms with Gasteiger partial charge in [-0.3, -0.25) is 9.48 Å². The van der Waals surface area contributed by atoms with Crippen LogP contribution in [0.1, 0.15) is 6.42 Å². The average molecular weight is 210 g/mol. The molecule has 1 saturated heterocycles. The molecule has 82 valence electrons. The summed E-state index contributed by atoms with van der Waals surface area (Å²) in [5.74, 6) is -0.0327. The topological polar surface area (TPSA) is 84.4 Å². The zero-order chi connectivity index (χ0) is 10.8. The summed E-state index contributed by atoms with van der Waals surface area (Å²) in [6.07, 6.45) is 3.40. The van der Waals surface area contributed by atoms with Gasteiger partial charge in [-0.1, -0.05) is 0 Å². The van der Waals surface area contributed by atoms with E-state index in [9.17, 15) is 9.90 Å². The summed E-state index contributed by atoms with van der Waals surface area (Å²) < 4.78 is 1.50. The number of aliphatic hydroxyl groups excluding tert-OH is 1. The summed E-state index contributed by atoms with van der Waals surface area (Å²) in [6.45, 7) is 1.23. The Kier molecular flexibility index (Phi) is 2.59. The van der Waals surface area contributed by atoms with Crippen molar-refractivity contribution in [2.24, 2.45) is 0 Å². The van der Waals surface area contributed by atoms with Crippen LogP contribution in [0.4, 0.5) is 5.69 Å². The molecule has 0 spiro atoms. The number of carbonyl (C=O) groups is 1. The smallest absolute Gasteiger partial charge is 0.244 e. The molecule has 15 heavy (non-hydrogen) atoms. The van der Waals surface area contributed by atoms with Crippen LogP contribution in [0.3, 0.4) is 0 Å². The molecule has 6 nitrogen and oxygen atoms in total. The average Bonchev–Trinajstić information content (AvgIpc) is 2.75. The Hall–Kier alpha value is -1.56. The summed E-state index contributed by atoms with van der Waals surface area (Å²) in [5, 5.41) is 13.2. The molecule has 3 N–H and O–H groups in total. The third kappa shape index (κ3) is 2.27. The summed E-state index contributed by atoms with van der Waals surface area (Å²) in [5.41, 5.74) is 6.03. The van der Waals surface area contributed by atoms with E-state index in [1.807, 2.05) is 0 Å².